The molecule has 0 nitrogen and oxygen atoms in total. The largest absolute Gasteiger partial charge is 0.0845 e. The van der Waals surface area contributed by atoms with Crippen molar-refractivity contribution in [1.29, 1.82) is 0 Å². The van der Waals surface area contributed by atoms with E-state index in [0.717, 1.165) is 0 Å². The molecule has 0 aromatic rings. The zero-order valence-electron chi connectivity index (χ0n) is 12.9. The summed E-state index contributed by atoms with van der Waals surface area (Å²) < 4.78 is 0. The van der Waals surface area contributed by atoms with Gasteiger partial charge in [0.1, 0.15) is 0 Å². The molecule has 0 saturated carbocycles. The molecule has 0 aliphatic carbocycles. The van der Waals surface area contributed by atoms with Gasteiger partial charge in [-0.05, 0) is 17.8 Å². The van der Waals surface area contributed by atoms with Gasteiger partial charge in [0.2, 0.25) is 0 Å². The summed E-state index contributed by atoms with van der Waals surface area (Å²) >= 11 is 3.26. The second-order valence-electron chi connectivity index (χ2n) is 5.42. The summed E-state index contributed by atoms with van der Waals surface area (Å²) in [5, 5.41) is 0. The predicted octanol–water partition coefficient (Wildman–Crippen LogP) is 7.54. The minimum atomic E-state index is 1.23. The lowest BCUT2D eigenvalue weighted by atomic mass is 10.0. The van der Waals surface area contributed by atoms with E-state index in [4.69, 9.17) is 0 Å². The van der Waals surface area contributed by atoms with Crippen LogP contribution >= 0.6 is 15.9 Å². The third-order valence-corrected chi connectivity index (χ3v) is 3.85. The van der Waals surface area contributed by atoms with Crippen molar-refractivity contribution in [3.8, 4) is 0 Å². The van der Waals surface area contributed by atoms with E-state index in [1.807, 2.05) is 11.1 Å². The molecular formula is C18H33Br. The second-order valence-corrected chi connectivity index (χ2v) is 5.95. The first kappa shape index (κ1) is 19.0. The van der Waals surface area contributed by atoms with Gasteiger partial charge in [-0.15, -0.1) is 0 Å². The molecule has 0 N–H and O–H groups in total. The van der Waals surface area contributed by atoms with Crippen molar-refractivity contribution < 1.29 is 0 Å². The Morgan fingerprint density at radius 2 is 1.11 bits per heavy atom. The molecule has 19 heavy (non-hydrogen) atoms. The van der Waals surface area contributed by atoms with Gasteiger partial charge >= 0.3 is 0 Å². The molecule has 0 aromatic heterocycles. The Labute approximate surface area is 129 Å². The molecule has 0 fully saturated rings. The van der Waals surface area contributed by atoms with Gasteiger partial charge in [0.25, 0.3) is 0 Å². The molecule has 0 aromatic carbocycles. The average Bonchev–Trinajstić information content (AvgIpc) is 2.43. The molecule has 1 heteroatoms. The van der Waals surface area contributed by atoms with Gasteiger partial charge in [-0.2, -0.15) is 0 Å². The fourth-order valence-electron chi connectivity index (χ4n) is 2.32. The Kier molecular flexibility index (Phi) is 17.9. The monoisotopic (exact) mass is 328 g/mol. The van der Waals surface area contributed by atoms with Crippen molar-refractivity contribution in [2.24, 2.45) is 0 Å². The van der Waals surface area contributed by atoms with Crippen LogP contribution in [-0.4, -0.2) is 0 Å². The molecule has 0 radical (unpaired) electrons. The summed E-state index contributed by atoms with van der Waals surface area (Å²) in [6, 6.07) is 0. The minimum Gasteiger partial charge on any atom is -0.0845 e. The van der Waals surface area contributed by atoms with E-state index in [1.54, 1.807) is 0 Å². The fraction of sp³-hybridized carbons (Fsp3) is 0.778. The molecular weight excluding hydrogens is 296 g/mol. The van der Waals surface area contributed by atoms with Crippen molar-refractivity contribution >= 4 is 15.9 Å². The van der Waals surface area contributed by atoms with Crippen LogP contribution in [0.5, 0.6) is 0 Å². The Hall–Kier alpha value is -0.0400. The van der Waals surface area contributed by atoms with Crippen LogP contribution in [0.1, 0.15) is 90.4 Å². The van der Waals surface area contributed by atoms with Crippen molar-refractivity contribution in [2.75, 3.05) is 0 Å². The van der Waals surface area contributed by atoms with Gasteiger partial charge in [0.15, 0.2) is 0 Å². The van der Waals surface area contributed by atoms with Crippen LogP contribution in [0.15, 0.2) is 23.2 Å². The number of halogens is 1. The molecule has 0 spiro atoms. The standard InChI is InChI=1S/C18H33Br/c1-2-3-4-5-6-7-8-9-10-11-12-13-14-15-16-17-18-19/h15-18H,2-14H2,1H3. The smallest absolute Gasteiger partial charge is 0.0189 e. The lowest BCUT2D eigenvalue weighted by Gasteiger charge is -2.02. The highest BCUT2D eigenvalue weighted by molar-refractivity contribution is 9.11. The topological polar surface area (TPSA) is 0 Å². The SMILES string of the molecule is CCCCCCCCCCCCCCC=CC=CBr. The third-order valence-electron chi connectivity index (χ3n) is 3.54. The first-order valence-corrected chi connectivity index (χ1v) is 9.25. The Morgan fingerprint density at radius 1 is 0.632 bits per heavy atom. The molecule has 0 unspecified atom stereocenters. The quantitative estimate of drug-likeness (QED) is 0.228. The first-order valence-electron chi connectivity index (χ1n) is 8.33. The molecule has 0 aliphatic rings. The summed E-state index contributed by atoms with van der Waals surface area (Å²) in [6.45, 7) is 2.29. The Bertz CT molecular complexity index is 206. The number of unbranched alkanes of at least 4 members (excludes halogenated alkanes) is 12. The van der Waals surface area contributed by atoms with E-state index in [0.29, 0.717) is 0 Å². The van der Waals surface area contributed by atoms with E-state index >= 15 is 0 Å². The van der Waals surface area contributed by atoms with Gasteiger partial charge in [0, 0.05) is 0 Å². The summed E-state index contributed by atoms with van der Waals surface area (Å²) in [5.41, 5.74) is 0. The highest BCUT2D eigenvalue weighted by Crippen LogP contribution is 2.12. The predicted molar refractivity (Wildman–Crippen MR) is 92.9 cm³/mol. The lowest BCUT2D eigenvalue weighted by Crippen LogP contribution is -1.82. The average molecular weight is 329 g/mol. The lowest BCUT2D eigenvalue weighted by molar-refractivity contribution is 0.545. The van der Waals surface area contributed by atoms with Crippen LogP contribution in [0.3, 0.4) is 0 Å². The van der Waals surface area contributed by atoms with Crippen LogP contribution in [0.2, 0.25) is 0 Å². The second kappa shape index (κ2) is 18.0. The summed E-state index contributed by atoms with van der Waals surface area (Å²) in [5.74, 6) is 0. The van der Waals surface area contributed by atoms with E-state index in [-0.39, 0.29) is 0 Å². The van der Waals surface area contributed by atoms with Crippen LogP contribution < -0.4 is 0 Å². The molecule has 112 valence electrons. The van der Waals surface area contributed by atoms with Crippen molar-refractivity contribution in [3.05, 3.63) is 23.2 Å². The Balaban J connectivity index is 2.99. The van der Waals surface area contributed by atoms with Crippen molar-refractivity contribution in [2.45, 2.75) is 90.4 Å². The fourth-order valence-corrected chi connectivity index (χ4v) is 2.50. The van der Waals surface area contributed by atoms with E-state index in [2.05, 4.69) is 35.0 Å². The number of allylic oxidation sites excluding steroid dienone is 3. The molecule has 0 heterocycles. The van der Waals surface area contributed by atoms with E-state index in [9.17, 15) is 0 Å². The number of hydrogen-bond acceptors (Lipinski definition) is 0. The van der Waals surface area contributed by atoms with Gasteiger partial charge < -0.3 is 0 Å². The zero-order chi connectivity index (χ0) is 14.0. The highest BCUT2D eigenvalue weighted by atomic mass is 79.9. The third kappa shape index (κ3) is 18.0. The zero-order valence-corrected chi connectivity index (χ0v) is 14.5. The van der Waals surface area contributed by atoms with Crippen LogP contribution in [0.4, 0.5) is 0 Å². The van der Waals surface area contributed by atoms with Crippen LogP contribution in [-0.2, 0) is 0 Å². The maximum atomic E-state index is 3.26. The maximum absolute atomic E-state index is 3.26. The molecule has 0 bridgehead atoms. The summed E-state index contributed by atoms with van der Waals surface area (Å²) in [4.78, 5) is 1.89. The molecule has 0 atom stereocenters. The summed E-state index contributed by atoms with van der Waals surface area (Å²) in [6.07, 6.45) is 24.8. The molecule has 0 saturated heterocycles. The minimum absolute atomic E-state index is 1.23. The van der Waals surface area contributed by atoms with E-state index in [1.165, 1.54) is 83.5 Å². The normalized spacial score (nSPS) is 11.9. The van der Waals surface area contributed by atoms with Gasteiger partial charge in [0.05, 0.1) is 0 Å². The van der Waals surface area contributed by atoms with Gasteiger partial charge in [-0.1, -0.05) is 112 Å². The van der Waals surface area contributed by atoms with Gasteiger partial charge in [-0.3, -0.25) is 0 Å². The maximum Gasteiger partial charge on any atom is -0.0189 e. The van der Waals surface area contributed by atoms with Crippen molar-refractivity contribution in [3.63, 3.8) is 0 Å². The molecule has 0 amide bonds. The molecule has 0 aliphatic heterocycles. The number of rotatable bonds is 14. The highest BCUT2D eigenvalue weighted by Gasteiger charge is 1.92. The van der Waals surface area contributed by atoms with Gasteiger partial charge in [-0.25, -0.2) is 0 Å². The van der Waals surface area contributed by atoms with E-state index < -0.39 is 0 Å². The van der Waals surface area contributed by atoms with Crippen LogP contribution in [0.25, 0.3) is 0 Å². The van der Waals surface area contributed by atoms with Crippen molar-refractivity contribution in [1.82, 2.24) is 0 Å². The number of hydrogen-bond donors (Lipinski definition) is 0. The molecule has 0 rings (SSSR count). The van der Waals surface area contributed by atoms with Crippen LogP contribution in [0, 0.1) is 0 Å². The Morgan fingerprint density at radius 3 is 1.58 bits per heavy atom. The summed E-state index contributed by atoms with van der Waals surface area (Å²) in [7, 11) is 0. The first-order chi connectivity index (χ1) is 9.41.